The van der Waals surface area contributed by atoms with E-state index in [9.17, 15) is 19.2 Å². The molecule has 3 aromatic carbocycles. The van der Waals surface area contributed by atoms with Gasteiger partial charge in [0.1, 0.15) is 0 Å². The smallest absolute Gasteiger partial charge is 0.338 e. The van der Waals surface area contributed by atoms with Crippen molar-refractivity contribution in [2.75, 3.05) is 0 Å². The van der Waals surface area contributed by atoms with Gasteiger partial charge in [-0.15, -0.1) is 0 Å². The third kappa shape index (κ3) is 7.79. The molecule has 0 bridgehead atoms. The molecule has 214 valence electrons. The first kappa shape index (κ1) is 31.0. The maximum Gasteiger partial charge on any atom is 0.338 e. The summed E-state index contributed by atoms with van der Waals surface area (Å²) in [6, 6.07) is 16.9. The predicted molar refractivity (Wildman–Crippen MR) is 159 cm³/mol. The highest BCUT2D eigenvalue weighted by Crippen LogP contribution is 2.37. The van der Waals surface area contributed by atoms with Gasteiger partial charge in [-0.3, -0.25) is 0 Å². The molecule has 0 saturated heterocycles. The molecule has 0 fully saturated rings. The highest BCUT2D eigenvalue weighted by molar-refractivity contribution is 5.93. The molecular formula is C34H30O8. The molecule has 0 aliphatic rings. The minimum absolute atomic E-state index is 0.0261. The first-order valence-corrected chi connectivity index (χ1v) is 12.7. The van der Waals surface area contributed by atoms with Gasteiger partial charge < -0.3 is 18.9 Å². The summed E-state index contributed by atoms with van der Waals surface area (Å²) >= 11 is 0. The molecule has 0 saturated carbocycles. The standard InChI is InChI=1S/C34H30O8/c1-19(2)31(35)39-27-14-12-25(17-29(27)41-33(37)21(5)6)23-10-9-11-24(16-23)26-13-15-28(40-32(36)20(3)4)30(18-26)42-34(38)22(7)8/h9-18H,1,3,5,7H2,2,4,6,8H3. The summed E-state index contributed by atoms with van der Waals surface area (Å²) < 4.78 is 21.6. The summed E-state index contributed by atoms with van der Waals surface area (Å²) in [7, 11) is 0. The minimum atomic E-state index is -0.683. The Morgan fingerprint density at radius 2 is 0.714 bits per heavy atom. The van der Waals surface area contributed by atoms with Crippen molar-refractivity contribution in [3.63, 3.8) is 0 Å². The van der Waals surface area contributed by atoms with Crippen LogP contribution in [0.4, 0.5) is 0 Å². The Morgan fingerprint density at radius 1 is 0.429 bits per heavy atom. The number of ether oxygens (including phenoxy) is 4. The zero-order valence-electron chi connectivity index (χ0n) is 23.9. The Hall–Kier alpha value is -5.50. The Bertz CT molecular complexity index is 1540. The van der Waals surface area contributed by atoms with Crippen LogP contribution in [0, 0.1) is 0 Å². The van der Waals surface area contributed by atoms with E-state index in [0.29, 0.717) is 11.1 Å². The topological polar surface area (TPSA) is 105 Å². The van der Waals surface area contributed by atoms with Crippen LogP contribution in [0.5, 0.6) is 23.0 Å². The van der Waals surface area contributed by atoms with E-state index >= 15 is 0 Å². The van der Waals surface area contributed by atoms with Crippen LogP contribution in [0.15, 0.2) is 109 Å². The Morgan fingerprint density at radius 3 is 1.02 bits per heavy atom. The summed E-state index contributed by atoms with van der Waals surface area (Å²) in [5.74, 6) is -2.56. The van der Waals surface area contributed by atoms with Crippen molar-refractivity contribution in [1.82, 2.24) is 0 Å². The van der Waals surface area contributed by atoms with Gasteiger partial charge in [-0.1, -0.05) is 56.6 Å². The van der Waals surface area contributed by atoms with E-state index in [1.54, 1.807) is 24.3 Å². The van der Waals surface area contributed by atoms with Gasteiger partial charge in [0.15, 0.2) is 23.0 Å². The Balaban J connectivity index is 2.05. The van der Waals surface area contributed by atoms with Crippen molar-refractivity contribution in [1.29, 1.82) is 0 Å². The van der Waals surface area contributed by atoms with Gasteiger partial charge >= 0.3 is 23.9 Å². The maximum absolute atomic E-state index is 12.3. The van der Waals surface area contributed by atoms with Gasteiger partial charge in [0.25, 0.3) is 0 Å². The van der Waals surface area contributed by atoms with Gasteiger partial charge in [0, 0.05) is 22.3 Å². The van der Waals surface area contributed by atoms with Crippen LogP contribution in [0.2, 0.25) is 0 Å². The van der Waals surface area contributed by atoms with Gasteiger partial charge in [-0.2, -0.15) is 0 Å². The largest absolute Gasteiger partial charge is 0.419 e. The third-order valence-electron chi connectivity index (χ3n) is 5.62. The molecule has 0 aromatic heterocycles. The van der Waals surface area contributed by atoms with E-state index in [4.69, 9.17) is 18.9 Å². The quantitative estimate of drug-likeness (QED) is 0.148. The SMILES string of the molecule is C=C(C)C(=O)Oc1ccc(-c2cccc(-c3ccc(OC(=O)C(=C)C)c(OC(=O)C(=C)C)c3)c2)cc1OC(=O)C(=C)C. The molecule has 3 rings (SSSR count). The van der Waals surface area contributed by atoms with E-state index in [2.05, 4.69) is 26.3 Å². The molecule has 8 heteroatoms. The van der Waals surface area contributed by atoms with Crippen molar-refractivity contribution >= 4 is 23.9 Å². The molecule has 0 aliphatic carbocycles. The molecule has 0 unspecified atom stereocenters. The molecule has 3 aromatic rings. The summed E-state index contributed by atoms with van der Waals surface area (Å²) in [6.45, 7) is 20.4. The molecule has 0 spiro atoms. The van der Waals surface area contributed by atoms with E-state index in [1.807, 2.05) is 24.3 Å². The lowest BCUT2D eigenvalue weighted by Gasteiger charge is -2.14. The van der Waals surface area contributed by atoms with Gasteiger partial charge in [0.05, 0.1) is 0 Å². The lowest BCUT2D eigenvalue weighted by atomic mass is 9.98. The Labute approximate surface area is 244 Å². The van der Waals surface area contributed by atoms with E-state index in [0.717, 1.165) is 11.1 Å². The Kier molecular flexibility index (Phi) is 9.78. The zero-order valence-corrected chi connectivity index (χ0v) is 23.9. The van der Waals surface area contributed by atoms with E-state index in [1.165, 1.54) is 39.8 Å². The lowest BCUT2D eigenvalue weighted by Crippen LogP contribution is -2.13. The molecule has 0 radical (unpaired) electrons. The average Bonchev–Trinajstić information content (AvgIpc) is 2.94. The fourth-order valence-corrected chi connectivity index (χ4v) is 3.33. The van der Waals surface area contributed by atoms with Crippen LogP contribution in [-0.4, -0.2) is 23.9 Å². The van der Waals surface area contributed by atoms with Gasteiger partial charge in [-0.05, 0) is 80.3 Å². The van der Waals surface area contributed by atoms with Crippen molar-refractivity contribution in [3.05, 3.63) is 109 Å². The molecule has 0 aliphatic heterocycles. The van der Waals surface area contributed by atoms with Crippen LogP contribution in [-0.2, 0) is 19.2 Å². The van der Waals surface area contributed by atoms with Crippen LogP contribution < -0.4 is 18.9 Å². The number of benzene rings is 3. The predicted octanol–water partition coefficient (Wildman–Crippen LogP) is 6.95. The molecule has 0 amide bonds. The first-order chi connectivity index (χ1) is 19.8. The number of rotatable bonds is 10. The first-order valence-electron chi connectivity index (χ1n) is 12.7. The van der Waals surface area contributed by atoms with Crippen LogP contribution in [0.25, 0.3) is 22.3 Å². The number of hydrogen-bond donors (Lipinski definition) is 0. The number of hydrogen-bond acceptors (Lipinski definition) is 8. The van der Waals surface area contributed by atoms with Gasteiger partial charge in [0.2, 0.25) is 0 Å². The average molecular weight is 567 g/mol. The summed E-state index contributed by atoms with van der Waals surface area (Å²) in [5, 5.41) is 0. The fourth-order valence-electron chi connectivity index (χ4n) is 3.33. The monoisotopic (exact) mass is 566 g/mol. The minimum Gasteiger partial charge on any atom is -0.419 e. The third-order valence-corrected chi connectivity index (χ3v) is 5.62. The molecule has 0 N–H and O–H groups in total. The molecular weight excluding hydrogens is 536 g/mol. The van der Waals surface area contributed by atoms with Crippen molar-refractivity contribution in [3.8, 4) is 45.3 Å². The zero-order chi connectivity index (χ0) is 31.1. The molecule has 0 heterocycles. The van der Waals surface area contributed by atoms with E-state index in [-0.39, 0.29) is 45.3 Å². The normalized spacial score (nSPS) is 10.2. The summed E-state index contributed by atoms with van der Waals surface area (Å²) in [6.07, 6.45) is 0. The van der Waals surface area contributed by atoms with E-state index < -0.39 is 23.9 Å². The van der Waals surface area contributed by atoms with Crippen LogP contribution in [0.3, 0.4) is 0 Å². The molecule has 8 nitrogen and oxygen atoms in total. The second-order valence-electron chi connectivity index (χ2n) is 9.58. The summed E-state index contributed by atoms with van der Waals surface area (Å²) in [5.41, 5.74) is 3.46. The van der Waals surface area contributed by atoms with Gasteiger partial charge in [-0.25, -0.2) is 19.2 Å². The summed E-state index contributed by atoms with van der Waals surface area (Å²) in [4.78, 5) is 48.9. The van der Waals surface area contributed by atoms with Crippen molar-refractivity contribution < 1.29 is 38.1 Å². The van der Waals surface area contributed by atoms with Crippen LogP contribution in [0.1, 0.15) is 27.7 Å². The lowest BCUT2D eigenvalue weighted by molar-refractivity contribution is -0.132. The molecule has 42 heavy (non-hydrogen) atoms. The molecule has 0 atom stereocenters. The highest BCUT2D eigenvalue weighted by atomic mass is 16.6. The highest BCUT2D eigenvalue weighted by Gasteiger charge is 2.18. The second kappa shape index (κ2) is 13.2. The number of carbonyl (C=O) groups is 4. The van der Waals surface area contributed by atoms with Crippen molar-refractivity contribution in [2.24, 2.45) is 0 Å². The number of carbonyl (C=O) groups excluding carboxylic acids is 4. The fraction of sp³-hybridized carbons (Fsp3) is 0.118. The second-order valence-corrected chi connectivity index (χ2v) is 9.58. The number of esters is 4. The van der Waals surface area contributed by atoms with Crippen LogP contribution >= 0.6 is 0 Å². The van der Waals surface area contributed by atoms with Crippen molar-refractivity contribution in [2.45, 2.75) is 27.7 Å². The maximum atomic E-state index is 12.3.